The van der Waals surface area contributed by atoms with Gasteiger partial charge < -0.3 is 10.1 Å². The number of rotatable bonds is 6. The van der Waals surface area contributed by atoms with Crippen LogP contribution in [0.1, 0.15) is 28.8 Å². The minimum absolute atomic E-state index is 0.251. The van der Waals surface area contributed by atoms with Crippen molar-refractivity contribution < 1.29 is 17.9 Å². The molecule has 0 unspecified atom stereocenters. The molecule has 124 valence electrons. The summed E-state index contributed by atoms with van der Waals surface area (Å²) >= 11 is 1.48. The van der Waals surface area contributed by atoms with Gasteiger partial charge in [-0.2, -0.15) is 4.31 Å². The summed E-state index contributed by atoms with van der Waals surface area (Å²) < 4.78 is 29.9. The van der Waals surface area contributed by atoms with Crippen LogP contribution in [0.5, 0.6) is 0 Å². The lowest BCUT2D eigenvalue weighted by atomic mass is 10.3. The smallest absolute Gasteiger partial charge is 0.270 e. The second-order valence-electron chi connectivity index (χ2n) is 5.20. The fourth-order valence-corrected chi connectivity index (χ4v) is 3.88. The quantitative estimate of drug-likeness (QED) is 0.809. The number of nitrogens with zero attached hydrogens (tertiary/aromatic N) is 2. The Kier molecular flexibility index (Phi) is 5.90. The molecular weight excluding hydrogens is 326 g/mol. The number of nitrogens with one attached hydrogen (secondary N) is 1. The van der Waals surface area contributed by atoms with Crippen LogP contribution >= 0.6 is 11.3 Å². The molecule has 1 atom stereocenters. The van der Waals surface area contributed by atoms with Gasteiger partial charge in [0.25, 0.3) is 5.91 Å². The van der Waals surface area contributed by atoms with Crippen LogP contribution < -0.4 is 5.32 Å². The van der Waals surface area contributed by atoms with Crippen molar-refractivity contribution in [2.24, 2.45) is 0 Å². The Morgan fingerprint density at radius 3 is 3.05 bits per heavy atom. The van der Waals surface area contributed by atoms with E-state index in [4.69, 9.17) is 4.74 Å². The van der Waals surface area contributed by atoms with Crippen LogP contribution in [-0.4, -0.2) is 62.2 Å². The monoisotopic (exact) mass is 347 g/mol. The fourth-order valence-electron chi connectivity index (χ4n) is 2.16. The van der Waals surface area contributed by atoms with Gasteiger partial charge in [0.2, 0.25) is 10.0 Å². The van der Waals surface area contributed by atoms with Crippen LogP contribution in [0.15, 0.2) is 5.38 Å². The number of hydrogen-bond acceptors (Lipinski definition) is 6. The van der Waals surface area contributed by atoms with Crippen molar-refractivity contribution in [3.63, 3.8) is 0 Å². The van der Waals surface area contributed by atoms with Crippen LogP contribution in [-0.2, 0) is 21.2 Å². The number of carbonyl (C=O) groups is 1. The summed E-state index contributed by atoms with van der Waals surface area (Å²) in [7, 11) is -3.22. The Balaban J connectivity index is 1.85. The summed E-state index contributed by atoms with van der Waals surface area (Å²) in [6, 6.07) is 0. The number of ether oxygens (including phenoxy) is 1. The van der Waals surface area contributed by atoms with Crippen molar-refractivity contribution in [1.29, 1.82) is 0 Å². The topological polar surface area (TPSA) is 88.6 Å². The first kappa shape index (κ1) is 17.3. The van der Waals surface area contributed by atoms with E-state index in [0.29, 0.717) is 18.8 Å². The van der Waals surface area contributed by atoms with Crippen molar-refractivity contribution in [3.05, 3.63) is 16.1 Å². The van der Waals surface area contributed by atoms with Crippen molar-refractivity contribution in [3.8, 4) is 0 Å². The Hall–Kier alpha value is -1.03. The number of morpholine rings is 1. The molecule has 1 aromatic heterocycles. The maximum absolute atomic E-state index is 12.0. The molecule has 0 saturated carbocycles. The van der Waals surface area contributed by atoms with E-state index in [-0.39, 0.29) is 25.1 Å². The molecule has 1 N–H and O–H groups in total. The highest BCUT2D eigenvalue weighted by atomic mass is 32.2. The van der Waals surface area contributed by atoms with Gasteiger partial charge in [-0.3, -0.25) is 4.79 Å². The van der Waals surface area contributed by atoms with Gasteiger partial charge >= 0.3 is 0 Å². The Morgan fingerprint density at radius 1 is 1.59 bits per heavy atom. The van der Waals surface area contributed by atoms with Crippen molar-refractivity contribution >= 4 is 27.3 Å². The highest BCUT2D eigenvalue weighted by molar-refractivity contribution is 7.88. The molecule has 9 heteroatoms. The Bertz CT molecular complexity index is 615. The first-order valence-electron chi connectivity index (χ1n) is 7.19. The third kappa shape index (κ3) is 4.73. The van der Waals surface area contributed by atoms with Gasteiger partial charge in [0.15, 0.2) is 0 Å². The second-order valence-corrected chi connectivity index (χ2v) is 8.13. The third-order valence-corrected chi connectivity index (χ3v) is 5.49. The SMILES string of the molecule is CCCc1nc(C(=O)NC[C@H]2CN(S(C)(=O)=O)CCO2)cs1. The minimum Gasteiger partial charge on any atom is -0.374 e. The number of carbonyl (C=O) groups excluding carboxylic acids is 1. The Labute approximate surface area is 134 Å². The molecule has 0 spiro atoms. The van der Waals surface area contributed by atoms with E-state index in [1.807, 2.05) is 0 Å². The van der Waals surface area contributed by atoms with Crippen LogP contribution in [0.25, 0.3) is 0 Å². The molecule has 1 aliphatic heterocycles. The second kappa shape index (κ2) is 7.49. The van der Waals surface area contributed by atoms with Crippen LogP contribution in [0.4, 0.5) is 0 Å². The highest BCUT2D eigenvalue weighted by Crippen LogP contribution is 2.12. The molecule has 1 fully saturated rings. The first-order chi connectivity index (χ1) is 10.4. The van der Waals surface area contributed by atoms with E-state index in [0.717, 1.165) is 17.8 Å². The van der Waals surface area contributed by atoms with Gasteiger partial charge in [-0.25, -0.2) is 13.4 Å². The predicted molar refractivity (Wildman–Crippen MR) is 84.6 cm³/mol. The summed E-state index contributed by atoms with van der Waals surface area (Å²) in [4.78, 5) is 16.3. The van der Waals surface area contributed by atoms with Gasteiger partial charge in [-0.1, -0.05) is 6.92 Å². The Morgan fingerprint density at radius 2 is 2.36 bits per heavy atom. The number of aromatic nitrogens is 1. The zero-order valence-electron chi connectivity index (χ0n) is 12.7. The average Bonchev–Trinajstić information content (AvgIpc) is 2.93. The lowest BCUT2D eigenvalue weighted by Gasteiger charge is -2.31. The van der Waals surface area contributed by atoms with Crippen LogP contribution in [0.2, 0.25) is 0 Å². The van der Waals surface area contributed by atoms with Gasteiger partial charge in [0, 0.05) is 25.0 Å². The number of hydrogen-bond donors (Lipinski definition) is 1. The molecule has 7 nitrogen and oxygen atoms in total. The normalized spacial score (nSPS) is 20.0. The number of sulfonamides is 1. The molecule has 1 amide bonds. The molecule has 22 heavy (non-hydrogen) atoms. The van der Waals surface area contributed by atoms with Crippen LogP contribution in [0, 0.1) is 0 Å². The average molecular weight is 347 g/mol. The molecule has 0 radical (unpaired) electrons. The van der Waals surface area contributed by atoms with E-state index in [1.54, 1.807) is 5.38 Å². The van der Waals surface area contributed by atoms with Crippen LogP contribution in [0.3, 0.4) is 0 Å². The predicted octanol–water partition coefficient (Wildman–Crippen LogP) is 0.486. The van der Waals surface area contributed by atoms with Crippen molar-refractivity contribution in [2.45, 2.75) is 25.9 Å². The standard InChI is InChI=1S/C13H21N3O4S2/c1-3-4-12-15-11(9-21-12)13(17)14-7-10-8-16(5-6-20-10)22(2,18)19/h9-10H,3-8H2,1-2H3,(H,14,17)/t10-/m0/s1. The summed E-state index contributed by atoms with van der Waals surface area (Å²) in [5, 5.41) is 5.44. The van der Waals surface area contributed by atoms with E-state index < -0.39 is 10.0 Å². The van der Waals surface area contributed by atoms with Gasteiger partial charge in [0.1, 0.15) is 5.69 Å². The molecule has 1 aromatic rings. The lowest BCUT2D eigenvalue weighted by Crippen LogP contribution is -2.49. The number of aryl methyl sites for hydroxylation is 1. The first-order valence-corrected chi connectivity index (χ1v) is 9.92. The van der Waals surface area contributed by atoms with E-state index >= 15 is 0 Å². The molecule has 0 aromatic carbocycles. The molecular formula is C13H21N3O4S2. The van der Waals surface area contributed by atoms with Gasteiger partial charge in [-0.05, 0) is 12.8 Å². The molecule has 0 bridgehead atoms. The van der Waals surface area contributed by atoms with E-state index in [2.05, 4.69) is 17.2 Å². The fraction of sp³-hybridized carbons (Fsp3) is 0.692. The summed E-state index contributed by atoms with van der Waals surface area (Å²) in [5.74, 6) is -0.251. The highest BCUT2D eigenvalue weighted by Gasteiger charge is 2.26. The van der Waals surface area contributed by atoms with Crippen molar-refractivity contribution in [2.75, 3.05) is 32.5 Å². The zero-order valence-corrected chi connectivity index (χ0v) is 14.4. The van der Waals surface area contributed by atoms with E-state index in [9.17, 15) is 13.2 Å². The summed E-state index contributed by atoms with van der Waals surface area (Å²) in [6.45, 7) is 3.29. The molecule has 2 rings (SSSR count). The zero-order chi connectivity index (χ0) is 16.2. The van der Waals surface area contributed by atoms with E-state index in [1.165, 1.54) is 21.9 Å². The maximum Gasteiger partial charge on any atom is 0.270 e. The van der Waals surface area contributed by atoms with Gasteiger partial charge in [-0.15, -0.1) is 11.3 Å². The summed E-state index contributed by atoms with van der Waals surface area (Å²) in [6.07, 6.45) is 2.71. The molecule has 2 heterocycles. The van der Waals surface area contributed by atoms with Crippen molar-refractivity contribution in [1.82, 2.24) is 14.6 Å². The number of thiazole rings is 1. The third-order valence-electron chi connectivity index (χ3n) is 3.31. The molecule has 0 aliphatic carbocycles. The minimum atomic E-state index is -3.22. The number of amides is 1. The molecule has 1 saturated heterocycles. The maximum atomic E-state index is 12.0. The lowest BCUT2D eigenvalue weighted by molar-refractivity contribution is 0.000415. The largest absolute Gasteiger partial charge is 0.374 e. The summed E-state index contributed by atoms with van der Waals surface area (Å²) in [5.41, 5.74) is 0.407. The van der Waals surface area contributed by atoms with Gasteiger partial charge in [0.05, 0.1) is 24.0 Å². The molecule has 1 aliphatic rings.